The normalized spacial score (nSPS) is 40.2. The standard InChI is InChI=1S/C9H15F2N/c1-2-12-5-7-3-4-9(10,11)8(7)6-12/h7-8H,2-6H2,1H3. The van der Waals surface area contributed by atoms with Crippen LogP contribution < -0.4 is 0 Å². The van der Waals surface area contributed by atoms with Gasteiger partial charge in [-0.2, -0.15) is 0 Å². The molecule has 0 spiro atoms. The second-order valence-electron chi connectivity index (χ2n) is 4.02. The molecule has 12 heavy (non-hydrogen) atoms. The molecule has 3 heteroatoms. The van der Waals surface area contributed by atoms with Crippen LogP contribution in [0.5, 0.6) is 0 Å². The SMILES string of the molecule is CCN1CC2CCC(F)(F)C2C1. The van der Waals surface area contributed by atoms with E-state index in [9.17, 15) is 8.78 Å². The van der Waals surface area contributed by atoms with Gasteiger partial charge >= 0.3 is 0 Å². The van der Waals surface area contributed by atoms with E-state index in [2.05, 4.69) is 4.90 Å². The molecular formula is C9H15F2N. The molecule has 0 N–H and O–H groups in total. The van der Waals surface area contributed by atoms with Crippen LogP contribution in [-0.2, 0) is 0 Å². The Morgan fingerprint density at radius 3 is 2.75 bits per heavy atom. The first-order chi connectivity index (χ1) is 5.63. The fraction of sp³-hybridized carbons (Fsp3) is 1.00. The van der Waals surface area contributed by atoms with Gasteiger partial charge in [-0.3, -0.25) is 0 Å². The minimum Gasteiger partial charge on any atom is -0.303 e. The molecule has 70 valence electrons. The maximum Gasteiger partial charge on any atom is 0.252 e. The first kappa shape index (κ1) is 8.42. The zero-order chi connectivity index (χ0) is 8.77. The number of hydrogen-bond donors (Lipinski definition) is 0. The molecule has 1 saturated carbocycles. The maximum atomic E-state index is 13.2. The Bertz CT molecular complexity index is 181. The van der Waals surface area contributed by atoms with Gasteiger partial charge in [0.15, 0.2) is 0 Å². The van der Waals surface area contributed by atoms with E-state index in [0.717, 1.165) is 19.5 Å². The van der Waals surface area contributed by atoms with Gasteiger partial charge in [0.1, 0.15) is 0 Å². The summed E-state index contributed by atoms with van der Waals surface area (Å²) in [6.07, 6.45) is 0.855. The largest absolute Gasteiger partial charge is 0.303 e. The highest BCUT2D eigenvalue weighted by Crippen LogP contribution is 2.47. The van der Waals surface area contributed by atoms with Crippen LogP contribution in [0.1, 0.15) is 19.8 Å². The molecule has 2 fully saturated rings. The third kappa shape index (κ3) is 1.15. The molecule has 2 rings (SSSR count). The van der Waals surface area contributed by atoms with Gasteiger partial charge in [-0.1, -0.05) is 6.92 Å². The molecule has 2 aliphatic rings. The first-order valence-corrected chi connectivity index (χ1v) is 4.73. The van der Waals surface area contributed by atoms with Gasteiger partial charge in [0.2, 0.25) is 0 Å². The van der Waals surface area contributed by atoms with Crippen molar-refractivity contribution in [3.63, 3.8) is 0 Å². The Balaban J connectivity index is 2.06. The van der Waals surface area contributed by atoms with Crippen LogP contribution in [0.4, 0.5) is 8.78 Å². The maximum absolute atomic E-state index is 13.2. The number of halogens is 2. The number of alkyl halides is 2. The zero-order valence-corrected chi connectivity index (χ0v) is 7.39. The van der Waals surface area contributed by atoms with Gasteiger partial charge in [0, 0.05) is 25.4 Å². The van der Waals surface area contributed by atoms with Crippen molar-refractivity contribution >= 4 is 0 Å². The molecule has 1 aliphatic carbocycles. The van der Waals surface area contributed by atoms with Gasteiger partial charge < -0.3 is 4.90 Å². The van der Waals surface area contributed by atoms with Gasteiger partial charge in [-0.05, 0) is 18.9 Å². The van der Waals surface area contributed by atoms with E-state index < -0.39 is 5.92 Å². The number of nitrogens with zero attached hydrogens (tertiary/aromatic N) is 1. The number of rotatable bonds is 1. The highest BCUT2D eigenvalue weighted by Gasteiger charge is 2.53. The summed E-state index contributed by atoms with van der Waals surface area (Å²) in [5, 5.41) is 0. The van der Waals surface area contributed by atoms with E-state index in [-0.39, 0.29) is 18.3 Å². The fourth-order valence-corrected chi connectivity index (χ4v) is 2.55. The molecule has 2 unspecified atom stereocenters. The van der Waals surface area contributed by atoms with Gasteiger partial charge in [-0.25, -0.2) is 8.78 Å². The Labute approximate surface area is 71.7 Å². The Hall–Kier alpha value is -0.180. The van der Waals surface area contributed by atoms with Crippen molar-refractivity contribution in [2.45, 2.75) is 25.7 Å². The molecule has 1 aliphatic heterocycles. The summed E-state index contributed by atoms with van der Waals surface area (Å²) >= 11 is 0. The van der Waals surface area contributed by atoms with Crippen molar-refractivity contribution in [3.05, 3.63) is 0 Å². The minimum absolute atomic E-state index is 0.125. The zero-order valence-electron chi connectivity index (χ0n) is 7.39. The number of fused-ring (bicyclic) bond motifs is 1. The van der Waals surface area contributed by atoms with Crippen molar-refractivity contribution in [2.24, 2.45) is 11.8 Å². The lowest BCUT2D eigenvalue weighted by Gasteiger charge is -2.18. The van der Waals surface area contributed by atoms with E-state index in [4.69, 9.17) is 0 Å². The second-order valence-corrected chi connectivity index (χ2v) is 4.02. The third-order valence-electron chi connectivity index (χ3n) is 3.35. The Kier molecular flexibility index (Phi) is 1.86. The predicted molar refractivity (Wildman–Crippen MR) is 43.3 cm³/mol. The van der Waals surface area contributed by atoms with Crippen LogP contribution >= 0.6 is 0 Å². The summed E-state index contributed by atoms with van der Waals surface area (Å²) in [6.45, 7) is 4.48. The molecule has 0 bridgehead atoms. The fourth-order valence-electron chi connectivity index (χ4n) is 2.55. The van der Waals surface area contributed by atoms with Crippen LogP contribution in [0.15, 0.2) is 0 Å². The van der Waals surface area contributed by atoms with Gasteiger partial charge in [0.05, 0.1) is 0 Å². The van der Waals surface area contributed by atoms with E-state index in [1.54, 1.807) is 0 Å². The van der Waals surface area contributed by atoms with E-state index >= 15 is 0 Å². The molecule has 0 radical (unpaired) electrons. The second kappa shape index (κ2) is 2.66. The lowest BCUT2D eigenvalue weighted by Crippen LogP contribution is -2.28. The summed E-state index contributed by atoms with van der Waals surface area (Å²) in [5.74, 6) is -2.42. The average Bonchev–Trinajstić information content (AvgIpc) is 2.53. The van der Waals surface area contributed by atoms with Crippen molar-refractivity contribution < 1.29 is 8.78 Å². The van der Waals surface area contributed by atoms with Crippen LogP contribution in [0.2, 0.25) is 0 Å². The molecule has 2 atom stereocenters. The van der Waals surface area contributed by atoms with Crippen LogP contribution in [0.3, 0.4) is 0 Å². The Morgan fingerprint density at radius 1 is 1.42 bits per heavy atom. The van der Waals surface area contributed by atoms with Crippen LogP contribution in [0.25, 0.3) is 0 Å². The van der Waals surface area contributed by atoms with E-state index in [0.29, 0.717) is 6.54 Å². The van der Waals surface area contributed by atoms with Crippen molar-refractivity contribution in [1.82, 2.24) is 4.90 Å². The van der Waals surface area contributed by atoms with Gasteiger partial charge in [0.25, 0.3) is 5.92 Å². The lowest BCUT2D eigenvalue weighted by atomic mass is 9.99. The summed E-state index contributed by atoms with van der Waals surface area (Å²) in [5.41, 5.74) is 0. The molecule has 1 nitrogen and oxygen atoms in total. The average molecular weight is 175 g/mol. The number of likely N-dealkylation sites (tertiary alicyclic amines) is 1. The van der Waals surface area contributed by atoms with E-state index in [1.807, 2.05) is 6.92 Å². The number of hydrogen-bond acceptors (Lipinski definition) is 1. The molecule has 0 aromatic rings. The smallest absolute Gasteiger partial charge is 0.252 e. The Morgan fingerprint density at radius 2 is 2.17 bits per heavy atom. The molecule has 0 aromatic carbocycles. The van der Waals surface area contributed by atoms with E-state index in [1.165, 1.54) is 0 Å². The van der Waals surface area contributed by atoms with Crippen molar-refractivity contribution in [2.75, 3.05) is 19.6 Å². The quantitative estimate of drug-likeness (QED) is 0.589. The van der Waals surface area contributed by atoms with Crippen molar-refractivity contribution in [3.8, 4) is 0 Å². The minimum atomic E-state index is -2.37. The predicted octanol–water partition coefficient (Wildman–Crippen LogP) is 1.98. The monoisotopic (exact) mass is 175 g/mol. The van der Waals surface area contributed by atoms with Crippen molar-refractivity contribution in [1.29, 1.82) is 0 Å². The summed E-state index contributed by atoms with van der Waals surface area (Å²) in [6, 6.07) is 0. The molecule has 1 heterocycles. The summed E-state index contributed by atoms with van der Waals surface area (Å²) < 4.78 is 26.4. The lowest BCUT2D eigenvalue weighted by molar-refractivity contribution is -0.0396. The van der Waals surface area contributed by atoms with Crippen LogP contribution in [-0.4, -0.2) is 30.5 Å². The summed E-state index contributed by atoms with van der Waals surface area (Å²) in [7, 11) is 0. The molecular weight excluding hydrogens is 160 g/mol. The first-order valence-electron chi connectivity index (χ1n) is 4.73. The third-order valence-corrected chi connectivity index (χ3v) is 3.35. The van der Waals surface area contributed by atoms with Gasteiger partial charge in [-0.15, -0.1) is 0 Å². The highest BCUT2D eigenvalue weighted by molar-refractivity contribution is 4.97. The molecule has 1 saturated heterocycles. The molecule has 0 aromatic heterocycles. The topological polar surface area (TPSA) is 3.24 Å². The summed E-state index contributed by atoms with van der Waals surface area (Å²) in [4.78, 5) is 2.14. The van der Waals surface area contributed by atoms with Crippen LogP contribution in [0, 0.1) is 11.8 Å². The highest BCUT2D eigenvalue weighted by atomic mass is 19.3. The molecule has 0 amide bonds.